The van der Waals surface area contributed by atoms with E-state index >= 15 is 0 Å². The zero-order valence-electron chi connectivity index (χ0n) is 14.8. The smallest absolute Gasteiger partial charge is 0.422 e. The van der Waals surface area contributed by atoms with Gasteiger partial charge in [-0.15, -0.1) is 0 Å². The van der Waals surface area contributed by atoms with Gasteiger partial charge in [-0.3, -0.25) is 4.98 Å². The van der Waals surface area contributed by atoms with Crippen LogP contribution in [-0.4, -0.2) is 41.5 Å². The molecule has 0 amide bonds. The van der Waals surface area contributed by atoms with E-state index < -0.39 is 19.4 Å². The van der Waals surface area contributed by atoms with E-state index in [1.54, 1.807) is 0 Å². The average Bonchev–Trinajstić information content (AvgIpc) is 3.05. The van der Waals surface area contributed by atoms with E-state index in [4.69, 9.17) is 9.47 Å². The Balaban J connectivity index is 1.76. The van der Waals surface area contributed by atoms with Crippen LogP contribution < -0.4 is 14.2 Å². The second kappa shape index (κ2) is 8.72. The summed E-state index contributed by atoms with van der Waals surface area (Å²) in [6.45, 7) is -4.43. The van der Waals surface area contributed by atoms with Gasteiger partial charge in [0.15, 0.2) is 23.3 Å². The quantitative estimate of drug-likeness (QED) is 0.405. The van der Waals surface area contributed by atoms with Crippen molar-refractivity contribution >= 4 is 22.8 Å². The lowest BCUT2D eigenvalue weighted by Gasteiger charge is -2.15. The number of thioether (sulfide) groups is 1. The molecule has 2 aromatic heterocycles. The summed E-state index contributed by atoms with van der Waals surface area (Å²) in [5, 5.41) is 0.417. The van der Waals surface area contributed by atoms with Gasteiger partial charge in [0.25, 0.3) is 0 Å². The third-order valence-corrected chi connectivity index (χ3v) is 4.43. The Kier molecular flexibility index (Phi) is 6.30. The monoisotopic (exact) mass is 435 g/mol. The predicted octanol–water partition coefficient (Wildman–Crippen LogP) is 4.80. The number of alkyl halides is 5. The SMILES string of the molecule is COc1ccnc(CSc2nc3ccc(OC(F)F)cc3[nH]2)c1OCC(F)(F)F. The Hall–Kier alpha value is -2.76. The molecular formula is C17H14F5N3O3S. The van der Waals surface area contributed by atoms with Crippen LogP contribution in [0.1, 0.15) is 5.69 Å². The molecule has 0 aliphatic heterocycles. The highest BCUT2D eigenvalue weighted by molar-refractivity contribution is 7.98. The molecule has 0 bridgehead atoms. The van der Waals surface area contributed by atoms with E-state index in [2.05, 4.69) is 19.7 Å². The summed E-state index contributed by atoms with van der Waals surface area (Å²) in [5.74, 6) is 0.122. The van der Waals surface area contributed by atoms with Crippen molar-refractivity contribution in [3.05, 3.63) is 36.2 Å². The molecule has 0 aliphatic carbocycles. The molecule has 12 heteroatoms. The van der Waals surface area contributed by atoms with Gasteiger partial charge >= 0.3 is 12.8 Å². The molecule has 156 valence electrons. The Morgan fingerprint density at radius 2 is 2.00 bits per heavy atom. The van der Waals surface area contributed by atoms with Gasteiger partial charge in [-0.25, -0.2) is 4.98 Å². The fraction of sp³-hybridized carbons (Fsp3) is 0.294. The molecule has 2 heterocycles. The molecule has 0 aliphatic rings. The van der Waals surface area contributed by atoms with Crippen molar-refractivity contribution in [1.29, 1.82) is 0 Å². The fourth-order valence-electron chi connectivity index (χ4n) is 2.39. The number of nitrogens with zero attached hydrogens (tertiary/aromatic N) is 2. The molecule has 0 atom stereocenters. The number of benzene rings is 1. The third-order valence-electron chi connectivity index (χ3n) is 3.54. The number of ether oxygens (including phenoxy) is 3. The van der Waals surface area contributed by atoms with Crippen molar-refractivity contribution in [2.75, 3.05) is 13.7 Å². The Bertz CT molecular complexity index is 981. The van der Waals surface area contributed by atoms with E-state index in [9.17, 15) is 22.0 Å². The lowest BCUT2D eigenvalue weighted by molar-refractivity contribution is -0.153. The minimum atomic E-state index is -4.51. The maximum absolute atomic E-state index is 12.5. The lowest BCUT2D eigenvalue weighted by atomic mass is 10.3. The van der Waals surface area contributed by atoms with Crippen LogP contribution >= 0.6 is 11.8 Å². The first-order valence-corrected chi connectivity index (χ1v) is 9.02. The summed E-state index contributed by atoms with van der Waals surface area (Å²) in [5.41, 5.74) is 1.22. The summed E-state index contributed by atoms with van der Waals surface area (Å²) >= 11 is 1.15. The minimum absolute atomic E-state index is 0.0231. The third kappa shape index (κ3) is 5.62. The zero-order chi connectivity index (χ0) is 21.0. The zero-order valence-corrected chi connectivity index (χ0v) is 15.6. The van der Waals surface area contributed by atoms with Crippen LogP contribution in [0.3, 0.4) is 0 Å². The number of imidazole rings is 1. The molecule has 3 rings (SSSR count). The van der Waals surface area contributed by atoms with E-state index in [1.165, 1.54) is 37.6 Å². The summed E-state index contributed by atoms with van der Waals surface area (Å²) < 4.78 is 76.5. The van der Waals surface area contributed by atoms with Crippen molar-refractivity contribution in [1.82, 2.24) is 15.0 Å². The number of aromatic nitrogens is 3. The van der Waals surface area contributed by atoms with Gasteiger partial charge in [-0.2, -0.15) is 22.0 Å². The molecular weight excluding hydrogens is 421 g/mol. The summed E-state index contributed by atoms with van der Waals surface area (Å²) in [6, 6.07) is 5.64. The van der Waals surface area contributed by atoms with Crippen LogP contribution in [0.25, 0.3) is 11.0 Å². The number of hydrogen-bond donors (Lipinski definition) is 1. The van der Waals surface area contributed by atoms with Crippen molar-refractivity contribution in [3.63, 3.8) is 0 Å². The van der Waals surface area contributed by atoms with Gasteiger partial charge in [0.1, 0.15) is 5.75 Å². The maximum Gasteiger partial charge on any atom is 0.422 e. The van der Waals surface area contributed by atoms with Gasteiger partial charge in [0.2, 0.25) is 0 Å². The highest BCUT2D eigenvalue weighted by atomic mass is 32.2. The maximum atomic E-state index is 12.5. The number of halogens is 5. The lowest BCUT2D eigenvalue weighted by Crippen LogP contribution is -2.20. The number of rotatable bonds is 8. The van der Waals surface area contributed by atoms with Gasteiger partial charge in [-0.05, 0) is 12.1 Å². The van der Waals surface area contributed by atoms with Gasteiger partial charge in [0.05, 0.1) is 23.8 Å². The van der Waals surface area contributed by atoms with Crippen LogP contribution in [0.15, 0.2) is 35.6 Å². The standard InChI is InChI=1S/C17H14F5N3O3S/c1-26-13-4-5-23-12(14(13)27-8-17(20,21)22)7-29-16-24-10-3-2-9(28-15(18)19)6-11(10)25-16/h2-6,15H,7-8H2,1H3,(H,24,25). The molecule has 0 spiro atoms. The first-order chi connectivity index (χ1) is 13.7. The van der Waals surface area contributed by atoms with Crippen LogP contribution in [0.4, 0.5) is 22.0 Å². The second-order valence-corrected chi connectivity index (χ2v) is 6.55. The number of pyridine rings is 1. The average molecular weight is 435 g/mol. The molecule has 0 saturated carbocycles. The number of aromatic amines is 1. The first-order valence-electron chi connectivity index (χ1n) is 8.04. The fourth-order valence-corrected chi connectivity index (χ4v) is 3.21. The number of hydrogen-bond acceptors (Lipinski definition) is 6. The van der Waals surface area contributed by atoms with Gasteiger partial charge in [-0.1, -0.05) is 11.8 Å². The van der Waals surface area contributed by atoms with E-state index in [-0.39, 0.29) is 28.7 Å². The molecule has 0 saturated heterocycles. The number of methoxy groups -OCH3 is 1. The van der Waals surface area contributed by atoms with Crippen molar-refractivity contribution < 1.29 is 36.2 Å². The normalized spacial score (nSPS) is 11.8. The number of H-pyrrole nitrogens is 1. The molecule has 6 nitrogen and oxygen atoms in total. The topological polar surface area (TPSA) is 69.3 Å². The van der Waals surface area contributed by atoms with Crippen LogP contribution in [0.5, 0.6) is 17.2 Å². The Morgan fingerprint density at radius 3 is 2.69 bits per heavy atom. The molecule has 1 aromatic carbocycles. The molecule has 0 unspecified atom stereocenters. The first kappa shape index (κ1) is 21.0. The van der Waals surface area contributed by atoms with Crippen LogP contribution in [-0.2, 0) is 5.75 Å². The largest absolute Gasteiger partial charge is 0.493 e. The van der Waals surface area contributed by atoms with E-state index in [1.807, 2.05) is 0 Å². The van der Waals surface area contributed by atoms with Crippen molar-refractivity contribution in [2.45, 2.75) is 23.7 Å². The summed E-state index contributed by atoms with van der Waals surface area (Å²) in [4.78, 5) is 11.3. The Labute approximate surface area is 165 Å². The molecule has 1 N–H and O–H groups in total. The summed E-state index contributed by atoms with van der Waals surface area (Å²) in [7, 11) is 1.31. The second-order valence-electron chi connectivity index (χ2n) is 5.58. The van der Waals surface area contributed by atoms with Crippen molar-refractivity contribution in [3.8, 4) is 17.2 Å². The molecule has 3 aromatic rings. The summed E-state index contributed by atoms with van der Waals surface area (Å²) in [6.07, 6.45) is -3.12. The molecule has 0 radical (unpaired) electrons. The van der Waals surface area contributed by atoms with E-state index in [0.29, 0.717) is 16.2 Å². The van der Waals surface area contributed by atoms with E-state index in [0.717, 1.165) is 11.8 Å². The number of fused-ring (bicyclic) bond motifs is 1. The van der Waals surface area contributed by atoms with Crippen molar-refractivity contribution in [2.24, 2.45) is 0 Å². The van der Waals surface area contributed by atoms with Gasteiger partial charge in [0, 0.05) is 24.1 Å². The molecule has 0 fully saturated rings. The minimum Gasteiger partial charge on any atom is -0.493 e. The molecule has 29 heavy (non-hydrogen) atoms. The Morgan fingerprint density at radius 1 is 1.21 bits per heavy atom. The van der Waals surface area contributed by atoms with Crippen LogP contribution in [0, 0.1) is 0 Å². The number of nitrogens with one attached hydrogen (secondary N) is 1. The predicted molar refractivity (Wildman–Crippen MR) is 94.6 cm³/mol. The van der Waals surface area contributed by atoms with Crippen LogP contribution in [0.2, 0.25) is 0 Å². The highest BCUT2D eigenvalue weighted by Crippen LogP contribution is 2.35. The van der Waals surface area contributed by atoms with Gasteiger partial charge < -0.3 is 19.2 Å². The highest BCUT2D eigenvalue weighted by Gasteiger charge is 2.30.